The van der Waals surface area contributed by atoms with Gasteiger partial charge in [0.25, 0.3) is 5.91 Å². The molecule has 0 heterocycles. The monoisotopic (exact) mass is 366 g/mol. The van der Waals surface area contributed by atoms with Crippen molar-refractivity contribution in [3.05, 3.63) is 59.2 Å². The zero-order valence-corrected chi connectivity index (χ0v) is 16.0. The van der Waals surface area contributed by atoms with E-state index in [9.17, 15) is 14.7 Å². The van der Waals surface area contributed by atoms with Crippen LogP contribution in [-0.2, 0) is 4.79 Å². The van der Waals surface area contributed by atoms with Gasteiger partial charge in [0.2, 0.25) is 5.91 Å². The molecule has 3 rings (SSSR count). The molecule has 2 aromatic carbocycles. The first-order chi connectivity index (χ1) is 12.8. The minimum atomic E-state index is -0.318. The second-order valence-electron chi connectivity index (χ2n) is 7.51. The lowest BCUT2D eigenvalue weighted by Crippen LogP contribution is -2.26. The first-order valence-corrected chi connectivity index (χ1v) is 9.39. The van der Waals surface area contributed by atoms with Crippen LogP contribution < -0.4 is 10.6 Å². The summed E-state index contributed by atoms with van der Waals surface area (Å²) in [6, 6.07) is 12.4. The van der Waals surface area contributed by atoms with Gasteiger partial charge in [0, 0.05) is 11.6 Å². The maximum absolute atomic E-state index is 12.5. The Balaban J connectivity index is 1.63. The van der Waals surface area contributed by atoms with Crippen LogP contribution in [-0.4, -0.2) is 16.9 Å². The summed E-state index contributed by atoms with van der Waals surface area (Å²) in [4.78, 5) is 24.3. The van der Waals surface area contributed by atoms with Crippen molar-refractivity contribution >= 4 is 17.5 Å². The molecule has 1 fully saturated rings. The van der Waals surface area contributed by atoms with Crippen molar-refractivity contribution in [2.75, 3.05) is 5.32 Å². The quantitative estimate of drug-likeness (QED) is 0.711. The maximum atomic E-state index is 12.5. The number of hydrogen-bond acceptors (Lipinski definition) is 3. The van der Waals surface area contributed by atoms with Crippen molar-refractivity contribution in [1.29, 1.82) is 0 Å². The summed E-state index contributed by atoms with van der Waals surface area (Å²) in [5.74, 6) is 0.193. The number of benzene rings is 2. The summed E-state index contributed by atoms with van der Waals surface area (Å²) in [6.45, 7) is 5.95. The molecule has 1 atom stereocenters. The fourth-order valence-corrected chi connectivity index (χ4v) is 2.90. The molecule has 5 nitrogen and oxygen atoms in total. The second kappa shape index (κ2) is 7.82. The first-order valence-electron chi connectivity index (χ1n) is 9.39. The summed E-state index contributed by atoms with van der Waals surface area (Å²) in [5.41, 5.74) is 2.93. The third kappa shape index (κ3) is 4.67. The highest BCUT2D eigenvalue weighted by molar-refractivity contribution is 5.97. The molecule has 0 radical (unpaired) electrons. The summed E-state index contributed by atoms with van der Waals surface area (Å²) in [5, 5.41) is 16.0. The fraction of sp³-hybridized carbons (Fsp3) is 0.364. The molecule has 0 saturated heterocycles. The third-order valence-electron chi connectivity index (χ3n) is 4.91. The van der Waals surface area contributed by atoms with Crippen LogP contribution in [0.15, 0.2) is 42.5 Å². The van der Waals surface area contributed by atoms with Crippen molar-refractivity contribution < 1.29 is 14.7 Å². The van der Waals surface area contributed by atoms with E-state index in [0.717, 1.165) is 29.7 Å². The van der Waals surface area contributed by atoms with E-state index in [1.807, 2.05) is 51.1 Å². The molecule has 1 unspecified atom stereocenters. The second-order valence-corrected chi connectivity index (χ2v) is 7.51. The average Bonchev–Trinajstić information content (AvgIpc) is 3.47. The number of nitrogens with one attached hydrogen (secondary N) is 2. The van der Waals surface area contributed by atoms with E-state index in [1.165, 1.54) is 0 Å². The van der Waals surface area contributed by atoms with Crippen LogP contribution in [0.25, 0.3) is 0 Å². The summed E-state index contributed by atoms with van der Waals surface area (Å²) in [7, 11) is 0. The Morgan fingerprint density at radius 1 is 1.00 bits per heavy atom. The predicted octanol–water partition coefficient (Wildman–Crippen LogP) is 4.36. The number of anilines is 1. The number of phenols is 1. The van der Waals surface area contributed by atoms with Crippen LogP contribution in [0.1, 0.15) is 67.1 Å². The molecule has 0 aromatic heterocycles. The van der Waals surface area contributed by atoms with Gasteiger partial charge >= 0.3 is 0 Å². The number of carbonyl (C=O) groups excluding carboxylic acids is 2. The first kappa shape index (κ1) is 19.0. The highest BCUT2D eigenvalue weighted by atomic mass is 16.3. The van der Waals surface area contributed by atoms with Crippen LogP contribution in [0.2, 0.25) is 0 Å². The summed E-state index contributed by atoms with van der Waals surface area (Å²) < 4.78 is 0. The Morgan fingerprint density at radius 3 is 2.19 bits per heavy atom. The number of phenolic OH excluding ortho intramolecular Hbond substituents is 1. The van der Waals surface area contributed by atoms with Crippen LogP contribution in [0.4, 0.5) is 5.69 Å². The predicted molar refractivity (Wildman–Crippen MR) is 106 cm³/mol. The topological polar surface area (TPSA) is 78.4 Å². The largest absolute Gasteiger partial charge is 0.507 e. The molecule has 2 aromatic rings. The third-order valence-corrected chi connectivity index (χ3v) is 4.91. The highest BCUT2D eigenvalue weighted by Crippen LogP contribution is 2.30. The molecule has 2 amide bonds. The molecular weight excluding hydrogens is 340 g/mol. The summed E-state index contributed by atoms with van der Waals surface area (Å²) in [6.07, 6.45) is 1.94. The van der Waals surface area contributed by atoms with Gasteiger partial charge in [-0.15, -0.1) is 0 Å². The maximum Gasteiger partial charge on any atom is 0.255 e. The molecule has 0 spiro atoms. The number of amides is 2. The molecule has 1 saturated carbocycles. The number of rotatable bonds is 6. The van der Waals surface area contributed by atoms with Crippen LogP contribution >= 0.6 is 0 Å². The number of aromatic hydroxyl groups is 1. The fourth-order valence-electron chi connectivity index (χ4n) is 2.90. The van der Waals surface area contributed by atoms with Gasteiger partial charge in [-0.2, -0.15) is 0 Å². The Kier molecular flexibility index (Phi) is 5.49. The highest BCUT2D eigenvalue weighted by Gasteiger charge is 2.29. The van der Waals surface area contributed by atoms with E-state index in [0.29, 0.717) is 0 Å². The van der Waals surface area contributed by atoms with Gasteiger partial charge < -0.3 is 15.7 Å². The van der Waals surface area contributed by atoms with E-state index in [4.69, 9.17) is 0 Å². The Bertz CT molecular complexity index is 839. The zero-order valence-electron chi connectivity index (χ0n) is 16.0. The van der Waals surface area contributed by atoms with E-state index in [-0.39, 0.29) is 41.0 Å². The van der Waals surface area contributed by atoms with Crippen molar-refractivity contribution in [2.24, 2.45) is 5.92 Å². The summed E-state index contributed by atoms with van der Waals surface area (Å²) >= 11 is 0. The normalized spacial score (nSPS) is 14.7. The lowest BCUT2D eigenvalue weighted by atomic mass is 10.0. The van der Waals surface area contributed by atoms with Gasteiger partial charge in [-0.05, 0) is 61.1 Å². The Hall–Kier alpha value is -2.82. The number of hydrogen-bond donors (Lipinski definition) is 3. The molecule has 3 N–H and O–H groups in total. The van der Waals surface area contributed by atoms with E-state index in [1.54, 1.807) is 12.1 Å². The van der Waals surface area contributed by atoms with Crippen LogP contribution in [0.3, 0.4) is 0 Å². The van der Waals surface area contributed by atoms with Gasteiger partial charge in [-0.3, -0.25) is 9.59 Å². The molecule has 1 aliphatic rings. The zero-order chi connectivity index (χ0) is 19.6. The molecule has 0 bridgehead atoms. The van der Waals surface area contributed by atoms with Gasteiger partial charge in [0.15, 0.2) is 0 Å². The van der Waals surface area contributed by atoms with Crippen molar-refractivity contribution in [2.45, 2.75) is 45.6 Å². The van der Waals surface area contributed by atoms with Crippen LogP contribution in [0.5, 0.6) is 5.75 Å². The molecule has 1 aliphatic carbocycles. The molecular formula is C22H26N2O3. The van der Waals surface area contributed by atoms with E-state index >= 15 is 0 Å². The minimum Gasteiger partial charge on any atom is -0.507 e. The van der Waals surface area contributed by atoms with Gasteiger partial charge in [-0.25, -0.2) is 0 Å². The van der Waals surface area contributed by atoms with Crippen molar-refractivity contribution in [3.63, 3.8) is 0 Å². The van der Waals surface area contributed by atoms with E-state index < -0.39 is 0 Å². The molecule has 27 heavy (non-hydrogen) atoms. The smallest absolute Gasteiger partial charge is 0.255 e. The van der Waals surface area contributed by atoms with Crippen molar-refractivity contribution in [1.82, 2.24) is 5.32 Å². The lowest BCUT2D eigenvalue weighted by Gasteiger charge is -2.16. The molecule has 0 aliphatic heterocycles. The van der Waals surface area contributed by atoms with Gasteiger partial charge in [-0.1, -0.05) is 32.0 Å². The minimum absolute atomic E-state index is 0.0102. The van der Waals surface area contributed by atoms with Gasteiger partial charge in [0.05, 0.1) is 11.6 Å². The molecule has 5 heteroatoms. The number of carbonyl (C=O) groups is 2. The molecule has 142 valence electrons. The Labute approximate surface area is 159 Å². The Morgan fingerprint density at radius 2 is 1.63 bits per heavy atom. The van der Waals surface area contributed by atoms with Crippen LogP contribution in [0, 0.1) is 5.92 Å². The van der Waals surface area contributed by atoms with E-state index in [2.05, 4.69) is 10.6 Å². The van der Waals surface area contributed by atoms with Gasteiger partial charge in [0.1, 0.15) is 5.75 Å². The standard InChI is InChI=1S/C22H26N2O3/c1-13(2)17-8-11-19(20(25)12-17)22(27)23-14(3)15-6-9-18(10-7-15)24-21(26)16-4-5-16/h6-14,16,25H,4-5H2,1-3H3,(H,23,27)(H,24,26). The average molecular weight is 366 g/mol. The van der Waals surface area contributed by atoms with Crippen molar-refractivity contribution in [3.8, 4) is 5.75 Å². The lowest BCUT2D eigenvalue weighted by molar-refractivity contribution is -0.117. The SMILES string of the molecule is CC(C)c1ccc(C(=O)NC(C)c2ccc(NC(=O)C3CC3)cc2)c(O)c1.